The Hall–Kier alpha value is -0.700. The van der Waals surface area contributed by atoms with Crippen LogP contribution in [0.15, 0.2) is 0 Å². The maximum Gasteiger partial charge on any atom is 0.449 e. The Balaban J connectivity index is 0. The number of aliphatic hydroxyl groups is 1. The first kappa shape index (κ1) is 12.9. The summed E-state index contributed by atoms with van der Waals surface area (Å²) in [7, 11) is -4.78. The highest BCUT2D eigenvalue weighted by Crippen LogP contribution is 1.91. The van der Waals surface area contributed by atoms with Gasteiger partial charge in [-0.25, -0.2) is 4.79 Å². The van der Waals surface area contributed by atoms with Crippen molar-refractivity contribution in [3.63, 3.8) is 0 Å². The second kappa shape index (κ2) is 4.23. The van der Waals surface area contributed by atoms with Crippen molar-refractivity contribution in [3.05, 3.63) is 0 Å². The van der Waals surface area contributed by atoms with Crippen LogP contribution in [0.5, 0.6) is 0 Å². The second-order valence-corrected chi connectivity index (χ2v) is 2.53. The van der Waals surface area contributed by atoms with Crippen LogP contribution in [0, 0.1) is 0 Å². The lowest BCUT2D eigenvalue weighted by molar-refractivity contribution is -0.142. The molecule has 0 radical (unpaired) electrons. The average Bonchev–Trinajstić information content (AvgIpc) is 1.60. The topological polar surface area (TPSA) is 136 Å². The molecule has 1 atom stereocenters. The third-order valence-electron chi connectivity index (χ3n) is 0.529. The summed E-state index contributed by atoms with van der Waals surface area (Å²) in [6, 6.07) is 0. The Morgan fingerprint density at radius 3 is 2.00 bits per heavy atom. The van der Waals surface area contributed by atoms with E-state index in [0.29, 0.717) is 0 Å². The van der Waals surface area contributed by atoms with Gasteiger partial charge in [0, 0.05) is 0 Å². The van der Waals surface area contributed by atoms with Crippen LogP contribution >= 0.6 is 0 Å². The van der Waals surface area contributed by atoms with Gasteiger partial charge in [0.15, 0.2) is 0 Å². The van der Waals surface area contributed by atoms with E-state index < -0.39 is 22.5 Å². The van der Waals surface area contributed by atoms with Crippen molar-refractivity contribution >= 4 is 16.4 Å². The molecule has 0 bridgehead atoms. The summed E-state index contributed by atoms with van der Waals surface area (Å²) >= 11 is 0. The van der Waals surface area contributed by atoms with Gasteiger partial charge >= 0.3 is 16.4 Å². The van der Waals surface area contributed by atoms with E-state index in [9.17, 15) is 13.2 Å². The van der Waals surface area contributed by atoms with Gasteiger partial charge in [0.1, 0.15) is 6.10 Å². The number of hydrogen-bond acceptors (Lipinski definition) is 6. The molecule has 0 saturated heterocycles. The molecule has 0 aromatic heterocycles. The molecule has 5 N–H and O–H groups in total. The Morgan fingerprint density at radius 1 is 1.55 bits per heavy atom. The molecule has 0 heterocycles. The lowest BCUT2D eigenvalue weighted by atomic mass is 10.4. The molecule has 0 aliphatic heterocycles. The normalized spacial score (nSPS) is 13.0. The molecule has 0 spiro atoms. The van der Waals surface area contributed by atoms with Crippen LogP contribution in [0.4, 0.5) is 0 Å². The van der Waals surface area contributed by atoms with Gasteiger partial charge < -0.3 is 15.4 Å². The summed E-state index contributed by atoms with van der Waals surface area (Å²) in [5, 5.41) is 8.33. The maximum atomic E-state index is 10.1. The Kier molecular flexibility index (Phi) is 4.98. The third kappa shape index (κ3) is 7.19. The number of carbonyl (C=O) groups excluding carboxylic acids is 1. The standard InChI is InChI=1S/C3H6O6S.H3N/c1-2(4)3(5)9-10(6,7)8;/h2,4H,1H3,(H,6,7,8);1H3. The highest BCUT2D eigenvalue weighted by Gasteiger charge is 2.17. The van der Waals surface area contributed by atoms with E-state index in [1.54, 1.807) is 0 Å². The zero-order valence-corrected chi connectivity index (χ0v) is 6.54. The number of hydrogen-bond donors (Lipinski definition) is 3. The number of aliphatic hydroxyl groups excluding tert-OH is 1. The van der Waals surface area contributed by atoms with Gasteiger partial charge in [-0.2, -0.15) is 8.42 Å². The molecular formula is C3H9NO6S. The van der Waals surface area contributed by atoms with Gasteiger partial charge in [-0.3, -0.25) is 4.55 Å². The van der Waals surface area contributed by atoms with Crippen LogP contribution in [0.1, 0.15) is 6.92 Å². The molecule has 0 fully saturated rings. The quantitative estimate of drug-likeness (QED) is 0.465. The van der Waals surface area contributed by atoms with E-state index in [0.717, 1.165) is 6.92 Å². The van der Waals surface area contributed by atoms with Crippen LogP contribution in [0.25, 0.3) is 0 Å². The van der Waals surface area contributed by atoms with Crippen molar-refractivity contribution in [1.29, 1.82) is 0 Å². The minimum atomic E-state index is -4.78. The fourth-order valence-corrected chi connectivity index (χ4v) is 0.520. The summed E-state index contributed by atoms with van der Waals surface area (Å²) in [6.07, 6.45) is -1.57. The van der Waals surface area contributed by atoms with Gasteiger partial charge in [-0.15, -0.1) is 0 Å². The predicted molar refractivity (Wildman–Crippen MR) is 34.3 cm³/mol. The van der Waals surface area contributed by atoms with Crippen LogP contribution in [-0.2, 0) is 19.4 Å². The van der Waals surface area contributed by atoms with E-state index in [1.165, 1.54) is 0 Å². The molecule has 0 amide bonds. The molecule has 11 heavy (non-hydrogen) atoms. The highest BCUT2D eigenvalue weighted by molar-refractivity contribution is 7.81. The third-order valence-corrected chi connectivity index (χ3v) is 0.903. The molecule has 8 heteroatoms. The van der Waals surface area contributed by atoms with E-state index >= 15 is 0 Å². The summed E-state index contributed by atoms with van der Waals surface area (Å²) < 4.78 is 30.7. The van der Waals surface area contributed by atoms with Crippen molar-refractivity contribution < 1.29 is 27.1 Å². The van der Waals surface area contributed by atoms with Gasteiger partial charge in [0.05, 0.1) is 0 Å². The van der Waals surface area contributed by atoms with Crippen LogP contribution < -0.4 is 6.15 Å². The van der Waals surface area contributed by atoms with E-state index in [-0.39, 0.29) is 6.15 Å². The average molecular weight is 187 g/mol. The lowest BCUT2D eigenvalue weighted by Crippen LogP contribution is -2.22. The molecule has 0 aliphatic carbocycles. The largest absolute Gasteiger partial charge is 0.449 e. The summed E-state index contributed by atoms with van der Waals surface area (Å²) in [5.74, 6) is -1.41. The zero-order valence-electron chi connectivity index (χ0n) is 5.72. The zero-order chi connectivity index (χ0) is 8.36. The summed E-state index contributed by atoms with van der Waals surface area (Å²) in [6.45, 7) is 1.01. The van der Waals surface area contributed by atoms with Crippen molar-refractivity contribution in [2.75, 3.05) is 0 Å². The predicted octanol–water partition coefficient (Wildman–Crippen LogP) is -1.12. The van der Waals surface area contributed by atoms with E-state index in [1.807, 2.05) is 0 Å². The molecule has 1 unspecified atom stereocenters. The Bertz CT molecular complexity index is 218. The van der Waals surface area contributed by atoms with Gasteiger partial charge in [-0.05, 0) is 6.92 Å². The monoisotopic (exact) mass is 187 g/mol. The van der Waals surface area contributed by atoms with Crippen molar-refractivity contribution in [3.8, 4) is 0 Å². The lowest BCUT2D eigenvalue weighted by Gasteiger charge is -2.00. The van der Waals surface area contributed by atoms with Gasteiger partial charge in [0.25, 0.3) is 0 Å². The molecule has 0 aliphatic rings. The molecule has 0 rings (SSSR count). The molecule has 0 saturated carbocycles. The van der Waals surface area contributed by atoms with Crippen LogP contribution in [-0.4, -0.2) is 30.2 Å². The molecule has 68 valence electrons. The van der Waals surface area contributed by atoms with E-state index in [2.05, 4.69) is 4.18 Å². The van der Waals surface area contributed by atoms with Crippen molar-refractivity contribution in [2.24, 2.45) is 0 Å². The molecule has 7 nitrogen and oxygen atoms in total. The van der Waals surface area contributed by atoms with E-state index in [4.69, 9.17) is 9.66 Å². The molecule has 0 aromatic rings. The first-order valence-electron chi connectivity index (χ1n) is 2.22. The summed E-state index contributed by atoms with van der Waals surface area (Å²) in [4.78, 5) is 10.1. The fraction of sp³-hybridized carbons (Fsp3) is 0.667. The van der Waals surface area contributed by atoms with Gasteiger partial charge in [0.2, 0.25) is 0 Å². The second-order valence-electron chi connectivity index (χ2n) is 1.51. The first-order valence-corrected chi connectivity index (χ1v) is 3.58. The number of rotatable bonds is 2. The Labute approximate surface area is 63.5 Å². The van der Waals surface area contributed by atoms with Crippen molar-refractivity contribution in [1.82, 2.24) is 6.15 Å². The van der Waals surface area contributed by atoms with Gasteiger partial charge in [-0.1, -0.05) is 0 Å². The smallest absolute Gasteiger partial charge is 0.382 e. The maximum absolute atomic E-state index is 10.1. The van der Waals surface area contributed by atoms with Crippen LogP contribution in [0.3, 0.4) is 0 Å². The SMILES string of the molecule is CC(O)C(=O)OS(=O)(=O)O.N. The fourth-order valence-electron chi connectivity index (χ4n) is 0.173. The Morgan fingerprint density at radius 2 is 1.91 bits per heavy atom. The minimum Gasteiger partial charge on any atom is -0.382 e. The van der Waals surface area contributed by atoms with Crippen LogP contribution in [0.2, 0.25) is 0 Å². The summed E-state index contributed by atoms with van der Waals surface area (Å²) in [5.41, 5.74) is 0. The molecular weight excluding hydrogens is 178 g/mol. The minimum absolute atomic E-state index is 0. The number of carbonyl (C=O) groups is 1. The highest BCUT2D eigenvalue weighted by atomic mass is 32.3. The van der Waals surface area contributed by atoms with Crippen molar-refractivity contribution in [2.45, 2.75) is 13.0 Å². The molecule has 0 aromatic carbocycles. The first-order chi connectivity index (χ1) is 4.33.